The van der Waals surface area contributed by atoms with Gasteiger partial charge >= 0.3 is 0 Å². The minimum atomic E-state index is -0.307. The summed E-state index contributed by atoms with van der Waals surface area (Å²) in [5.74, 6) is -0.0724. The van der Waals surface area contributed by atoms with E-state index in [2.05, 4.69) is 10.4 Å². The fourth-order valence-electron chi connectivity index (χ4n) is 2.45. The molecule has 7 heteroatoms. The van der Waals surface area contributed by atoms with Crippen molar-refractivity contribution in [1.29, 1.82) is 0 Å². The molecular weight excluding hydrogens is 347 g/mol. The molecule has 0 spiro atoms. The Bertz CT molecular complexity index is 757. The smallest absolute Gasteiger partial charge is 0.241 e. The number of amides is 1. The third-order valence-electron chi connectivity index (χ3n) is 4.21. The highest BCUT2D eigenvalue weighted by atomic mass is 35.5. The highest BCUT2D eigenvalue weighted by molar-refractivity contribution is 6.42. The van der Waals surface area contributed by atoms with E-state index in [1.807, 2.05) is 51.9 Å². The SMILES string of the molecule is Cc1nn(C)c(C)c1NC(=O)[C@H](C)N(C)Cc1ccc(Cl)c(Cl)c1. The van der Waals surface area contributed by atoms with E-state index < -0.39 is 0 Å². The molecule has 2 rings (SSSR count). The van der Waals surface area contributed by atoms with E-state index in [9.17, 15) is 4.79 Å². The summed E-state index contributed by atoms with van der Waals surface area (Å²) in [4.78, 5) is 14.5. The number of carbonyl (C=O) groups excluding carboxylic acids is 1. The Morgan fingerprint density at radius 2 is 2.00 bits per heavy atom. The molecular formula is C17H22Cl2N4O. The highest BCUT2D eigenvalue weighted by Crippen LogP contribution is 2.24. The molecule has 0 fully saturated rings. The third-order valence-corrected chi connectivity index (χ3v) is 4.95. The van der Waals surface area contributed by atoms with Gasteiger partial charge in [0.25, 0.3) is 0 Å². The van der Waals surface area contributed by atoms with Crippen LogP contribution in [0.1, 0.15) is 23.9 Å². The van der Waals surface area contributed by atoms with E-state index >= 15 is 0 Å². The minimum Gasteiger partial charge on any atom is -0.322 e. The number of aromatic nitrogens is 2. The molecule has 0 saturated heterocycles. The van der Waals surface area contributed by atoms with Gasteiger partial charge in [-0.3, -0.25) is 14.4 Å². The summed E-state index contributed by atoms with van der Waals surface area (Å²) in [5, 5.41) is 8.33. The number of halogens is 2. The van der Waals surface area contributed by atoms with Crippen LogP contribution in [0.3, 0.4) is 0 Å². The summed E-state index contributed by atoms with van der Waals surface area (Å²) in [6.07, 6.45) is 0. The Morgan fingerprint density at radius 3 is 2.54 bits per heavy atom. The first-order valence-electron chi connectivity index (χ1n) is 7.66. The van der Waals surface area contributed by atoms with Crippen molar-refractivity contribution in [2.75, 3.05) is 12.4 Å². The van der Waals surface area contributed by atoms with Crippen LogP contribution >= 0.6 is 23.2 Å². The number of nitrogens with one attached hydrogen (secondary N) is 1. The number of rotatable bonds is 5. The summed E-state index contributed by atoms with van der Waals surface area (Å²) in [6.45, 7) is 6.27. The molecule has 1 amide bonds. The van der Waals surface area contributed by atoms with Crippen LogP contribution < -0.4 is 5.32 Å². The molecule has 1 atom stereocenters. The maximum atomic E-state index is 12.5. The van der Waals surface area contributed by atoms with Crippen molar-refractivity contribution < 1.29 is 4.79 Å². The van der Waals surface area contributed by atoms with Crippen LogP contribution in [0.2, 0.25) is 10.0 Å². The lowest BCUT2D eigenvalue weighted by Crippen LogP contribution is -2.39. The van der Waals surface area contributed by atoms with E-state index in [0.717, 1.165) is 22.6 Å². The maximum Gasteiger partial charge on any atom is 0.241 e. The van der Waals surface area contributed by atoms with Crippen LogP contribution in [0.15, 0.2) is 18.2 Å². The van der Waals surface area contributed by atoms with Crippen LogP contribution in [-0.4, -0.2) is 33.7 Å². The first-order valence-corrected chi connectivity index (χ1v) is 8.41. The average molecular weight is 369 g/mol. The Kier molecular flexibility index (Phi) is 5.91. The zero-order valence-electron chi connectivity index (χ0n) is 14.5. The van der Waals surface area contributed by atoms with Gasteiger partial charge in [-0.1, -0.05) is 29.3 Å². The second kappa shape index (κ2) is 7.55. The maximum absolute atomic E-state index is 12.5. The lowest BCUT2D eigenvalue weighted by Gasteiger charge is -2.24. The van der Waals surface area contributed by atoms with E-state index in [1.54, 1.807) is 10.7 Å². The number of anilines is 1. The Labute approximate surface area is 152 Å². The first kappa shape index (κ1) is 18.8. The van der Waals surface area contributed by atoms with Crippen molar-refractivity contribution in [3.05, 3.63) is 45.2 Å². The first-order chi connectivity index (χ1) is 11.2. The summed E-state index contributed by atoms with van der Waals surface area (Å²) < 4.78 is 1.76. The second-order valence-electron chi connectivity index (χ2n) is 6.00. The lowest BCUT2D eigenvalue weighted by atomic mass is 10.2. The van der Waals surface area contributed by atoms with Crippen molar-refractivity contribution in [2.45, 2.75) is 33.4 Å². The second-order valence-corrected chi connectivity index (χ2v) is 6.81. The standard InChI is InChI=1S/C17H22Cl2N4O/c1-10-16(11(2)23(5)21-10)20-17(24)12(3)22(4)9-13-6-7-14(18)15(19)8-13/h6-8,12H,9H2,1-5H3,(H,20,24)/t12-/m0/s1. The predicted molar refractivity (Wildman–Crippen MR) is 98.7 cm³/mol. The molecule has 0 unspecified atom stereocenters. The fraction of sp³-hybridized carbons (Fsp3) is 0.412. The van der Waals surface area contributed by atoms with Gasteiger partial charge in [-0.25, -0.2) is 0 Å². The van der Waals surface area contributed by atoms with Crippen molar-refractivity contribution in [1.82, 2.24) is 14.7 Å². The van der Waals surface area contributed by atoms with Crippen molar-refractivity contribution in [3.8, 4) is 0 Å². The predicted octanol–water partition coefficient (Wildman–Crippen LogP) is 3.80. The van der Waals surface area contributed by atoms with Gasteiger partial charge in [0.15, 0.2) is 0 Å². The van der Waals surface area contributed by atoms with Crippen LogP contribution in [0, 0.1) is 13.8 Å². The summed E-state index contributed by atoms with van der Waals surface area (Å²) in [5.41, 5.74) is 3.51. The number of nitrogens with zero attached hydrogens (tertiary/aromatic N) is 3. The Morgan fingerprint density at radius 1 is 1.33 bits per heavy atom. The summed E-state index contributed by atoms with van der Waals surface area (Å²) in [6, 6.07) is 5.18. The van der Waals surface area contributed by atoms with Gasteiger partial charge in [-0.05, 0) is 45.5 Å². The minimum absolute atomic E-state index is 0.0724. The quantitative estimate of drug-likeness (QED) is 0.872. The molecule has 0 bridgehead atoms. The molecule has 0 radical (unpaired) electrons. The molecule has 0 saturated carbocycles. The molecule has 0 aliphatic heterocycles. The normalized spacial score (nSPS) is 12.5. The summed E-state index contributed by atoms with van der Waals surface area (Å²) in [7, 11) is 3.76. The molecule has 130 valence electrons. The molecule has 0 aliphatic carbocycles. The molecule has 5 nitrogen and oxygen atoms in total. The fourth-order valence-corrected chi connectivity index (χ4v) is 2.77. The molecule has 1 N–H and O–H groups in total. The molecule has 1 heterocycles. The van der Waals surface area contributed by atoms with E-state index in [0.29, 0.717) is 16.6 Å². The molecule has 1 aromatic heterocycles. The zero-order chi connectivity index (χ0) is 18.0. The number of benzene rings is 1. The number of likely N-dealkylation sites (N-methyl/N-ethyl adjacent to an activating group) is 1. The molecule has 1 aromatic carbocycles. The van der Waals surface area contributed by atoms with Crippen molar-refractivity contribution in [2.24, 2.45) is 7.05 Å². The number of aryl methyl sites for hydroxylation is 2. The van der Waals surface area contributed by atoms with Crippen molar-refractivity contribution >= 4 is 34.8 Å². The van der Waals surface area contributed by atoms with E-state index in [-0.39, 0.29) is 11.9 Å². The van der Waals surface area contributed by atoms with Gasteiger partial charge < -0.3 is 5.32 Å². The van der Waals surface area contributed by atoms with Crippen LogP contribution in [-0.2, 0) is 18.4 Å². The molecule has 0 aliphatic rings. The number of hydrogen-bond donors (Lipinski definition) is 1. The van der Waals surface area contributed by atoms with E-state index in [1.165, 1.54) is 0 Å². The lowest BCUT2D eigenvalue weighted by molar-refractivity contribution is -0.120. The van der Waals surface area contributed by atoms with Crippen LogP contribution in [0.5, 0.6) is 0 Å². The number of hydrogen-bond acceptors (Lipinski definition) is 3. The van der Waals surface area contributed by atoms with Gasteiger partial charge in [0.2, 0.25) is 5.91 Å². The third kappa shape index (κ3) is 4.09. The topological polar surface area (TPSA) is 50.2 Å². The zero-order valence-corrected chi connectivity index (χ0v) is 16.0. The average Bonchev–Trinajstić information content (AvgIpc) is 2.76. The molecule has 2 aromatic rings. The largest absolute Gasteiger partial charge is 0.322 e. The number of carbonyl (C=O) groups is 1. The summed E-state index contributed by atoms with van der Waals surface area (Å²) >= 11 is 12.0. The van der Waals surface area contributed by atoms with Crippen LogP contribution in [0.25, 0.3) is 0 Å². The highest BCUT2D eigenvalue weighted by Gasteiger charge is 2.21. The van der Waals surface area contributed by atoms with Gasteiger partial charge in [0, 0.05) is 13.6 Å². The Hall–Kier alpha value is -1.56. The van der Waals surface area contributed by atoms with Crippen molar-refractivity contribution in [3.63, 3.8) is 0 Å². The van der Waals surface area contributed by atoms with Gasteiger partial charge in [0.1, 0.15) is 0 Å². The monoisotopic (exact) mass is 368 g/mol. The van der Waals surface area contributed by atoms with Crippen LogP contribution in [0.4, 0.5) is 5.69 Å². The van der Waals surface area contributed by atoms with Gasteiger partial charge in [-0.15, -0.1) is 0 Å². The Balaban J connectivity index is 2.05. The van der Waals surface area contributed by atoms with Gasteiger partial charge in [0.05, 0.1) is 33.2 Å². The van der Waals surface area contributed by atoms with E-state index in [4.69, 9.17) is 23.2 Å². The molecule has 24 heavy (non-hydrogen) atoms. The van der Waals surface area contributed by atoms with Gasteiger partial charge in [-0.2, -0.15) is 5.10 Å².